The Kier molecular flexibility index (Phi) is 0.815. The summed E-state index contributed by atoms with van der Waals surface area (Å²) in [6.45, 7) is 0. The summed E-state index contributed by atoms with van der Waals surface area (Å²) >= 11 is 1.84. The summed E-state index contributed by atoms with van der Waals surface area (Å²) in [5, 5.41) is 2.16. The van der Waals surface area contributed by atoms with E-state index < -0.39 is 0 Å². The molecular weight excluding hydrogens is 118 g/mol. The Hall–Kier alpha value is -0.500. The third kappa shape index (κ3) is 0.464. The molecule has 8 heavy (non-hydrogen) atoms. The summed E-state index contributed by atoms with van der Waals surface area (Å²) in [7, 11) is 0. The molecule has 0 spiro atoms. The van der Waals surface area contributed by atoms with Crippen LogP contribution < -0.4 is 0 Å². The van der Waals surface area contributed by atoms with Crippen LogP contribution in [0.15, 0.2) is 27.7 Å². The maximum absolute atomic E-state index is 4.00. The van der Waals surface area contributed by atoms with E-state index in [2.05, 4.69) is 10.4 Å². The van der Waals surface area contributed by atoms with Crippen LogP contribution in [0.1, 0.15) is 1.43 Å². The highest BCUT2D eigenvalue weighted by atomic mass is 32.2. The van der Waals surface area contributed by atoms with Gasteiger partial charge in [-0.3, -0.25) is 4.99 Å². The molecule has 0 amide bonds. The molecule has 0 atom stereocenters. The van der Waals surface area contributed by atoms with Gasteiger partial charge in [-0.2, -0.15) is 0 Å². The summed E-state index contributed by atoms with van der Waals surface area (Å²) in [5.74, 6) is 1.12. The van der Waals surface area contributed by atoms with Gasteiger partial charge in [-0.1, -0.05) is 0 Å². The van der Waals surface area contributed by atoms with E-state index in [0.29, 0.717) is 0 Å². The molecule has 0 aromatic rings. The van der Waals surface area contributed by atoms with Gasteiger partial charge in [0.15, 0.2) is 0 Å². The van der Waals surface area contributed by atoms with E-state index in [1.165, 1.54) is 11.1 Å². The first kappa shape index (κ1) is 4.39. The van der Waals surface area contributed by atoms with Crippen molar-refractivity contribution in [3.8, 4) is 0 Å². The molecule has 0 bridgehead atoms. The Morgan fingerprint density at radius 2 is 2.75 bits per heavy atom. The van der Waals surface area contributed by atoms with Gasteiger partial charge < -0.3 is 0 Å². The van der Waals surface area contributed by atoms with E-state index in [4.69, 9.17) is 0 Å². The second-order valence-corrected chi connectivity index (χ2v) is 2.67. The van der Waals surface area contributed by atoms with Gasteiger partial charge in [0, 0.05) is 23.7 Å². The molecule has 0 radical (unpaired) electrons. The predicted octanol–water partition coefficient (Wildman–Crippen LogP) is 1.70. The molecule has 0 fully saturated rings. The first-order chi connectivity index (χ1) is 3.97. The number of nitrogens with zero attached hydrogens (tertiary/aromatic N) is 1. The summed E-state index contributed by atoms with van der Waals surface area (Å²) < 4.78 is 0. The van der Waals surface area contributed by atoms with Crippen LogP contribution >= 0.6 is 11.8 Å². The van der Waals surface area contributed by atoms with Gasteiger partial charge in [-0.15, -0.1) is 11.8 Å². The lowest BCUT2D eigenvalue weighted by Gasteiger charge is -1.84. The fraction of sp³-hybridized carbons (Fsp3) is 0.167. The van der Waals surface area contributed by atoms with E-state index in [9.17, 15) is 0 Å². The number of thioether (sulfide) groups is 1. The monoisotopic (exact) mass is 124 g/mol. The van der Waals surface area contributed by atoms with Crippen molar-refractivity contribution in [3.63, 3.8) is 0 Å². The average Bonchev–Trinajstić information content (AvgIpc) is 2.15. The van der Waals surface area contributed by atoms with E-state index in [1.54, 1.807) is 0 Å². The molecule has 0 unspecified atom stereocenters. The molecule has 2 heterocycles. The van der Waals surface area contributed by atoms with Gasteiger partial charge in [0.1, 0.15) is 0 Å². The minimum Gasteiger partial charge on any atom is -0.264 e. The van der Waals surface area contributed by atoms with Gasteiger partial charge in [0.2, 0.25) is 0 Å². The highest BCUT2D eigenvalue weighted by Gasteiger charge is 2.12. The zero-order valence-corrected chi connectivity index (χ0v) is 5.11. The van der Waals surface area contributed by atoms with E-state index in [-0.39, 0.29) is 1.43 Å². The second kappa shape index (κ2) is 1.49. The molecule has 0 saturated heterocycles. The van der Waals surface area contributed by atoms with Crippen molar-refractivity contribution in [2.24, 2.45) is 4.99 Å². The molecule has 2 heteroatoms. The van der Waals surface area contributed by atoms with Crippen molar-refractivity contribution >= 4 is 18.0 Å². The van der Waals surface area contributed by atoms with Gasteiger partial charge >= 0.3 is 1.43 Å². The summed E-state index contributed by atoms with van der Waals surface area (Å²) in [4.78, 5) is 4.00. The van der Waals surface area contributed by atoms with Crippen LogP contribution in [0.3, 0.4) is 0 Å². The van der Waals surface area contributed by atoms with Crippen LogP contribution in [-0.4, -0.2) is 12.0 Å². The lowest BCUT2D eigenvalue weighted by molar-refractivity contribution is 1.51. The van der Waals surface area contributed by atoms with Crippen molar-refractivity contribution < 1.29 is 1.43 Å². The van der Waals surface area contributed by atoms with Crippen molar-refractivity contribution in [2.75, 3.05) is 5.75 Å². The lowest BCUT2D eigenvalue weighted by Crippen LogP contribution is -1.78. The zero-order chi connectivity index (χ0) is 5.40. The SMILES string of the molecule is C1=NC=C2CSC=C12.[H+]. The number of allylic oxidation sites excluding steroid dienone is 1. The Morgan fingerprint density at radius 1 is 1.75 bits per heavy atom. The van der Waals surface area contributed by atoms with Crippen molar-refractivity contribution in [3.05, 3.63) is 22.8 Å². The Balaban J connectivity index is 0.000000405. The largest absolute Gasteiger partial charge is 1.00 e. The van der Waals surface area contributed by atoms with E-state index in [1.807, 2.05) is 24.2 Å². The summed E-state index contributed by atoms with van der Waals surface area (Å²) in [5.41, 5.74) is 2.70. The third-order valence-electron chi connectivity index (χ3n) is 1.26. The predicted molar refractivity (Wildman–Crippen MR) is 38.2 cm³/mol. The maximum Gasteiger partial charge on any atom is 1.00 e. The molecule has 2 rings (SSSR count). The first-order valence-electron chi connectivity index (χ1n) is 2.51. The number of fused-ring (bicyclic) bond motifs is 1. The topological polar surface area (TPSA) is 12.4 Å². The fourth-order valence-corrected chi connectivity index (χ4v) is 1.71. The Morgan fingerprint density at radius 3 is 3.62 bits per heavy atom. The number of aliphatic imine (C=N–C) groups is 1. The smallest absolute Gasteiger partial charge is 0.264 e. The van der Waals surface area contributed by atoms with Crippen molar-refractivity contribution in [1.29, 1.82) is 0 Å². The lowest BCUT2D eigenvalue weighted by atomic mass is 10.2. The Labute approximate surface area is 53.7 Å². The number of rotatable bonds is 0. The summed E-state index contributed by atoms with van der Waals surface area (Å²) in [6, 6.07) is 0. The van der Waals surface area contributed by atoms with Gasteiger partial charge in [0.25, 0.3) is 0 Å². The molecular formula is C6H6NS+. The molecule has 0 N–H and O–H groups in total. The standard InChI is InChI=1S/C6H5NS/c1-5-3-8-4-6(5)2-7-1/h1-3H,4H2/p+1. The van der Waals surface area contributed by atoms with Gasteiger partial charge in [-0.25, -0.2) is 0 Å². The molecule has 2 aliphatic rings. The van der Waals surface area contributed by atoms with Gasteiger partial charge in [-0.05, 0) is 11.0 Å². The Bertz CT molecular complexity index is 205. The highest BCUT2D eigenvalue weighted by Crippen LogP contribution is 2.28. The minimum absolute atomic E-state index is 0. The van der Waals surface area contributed by atoms with Crippen LogP contribution in [0.4, 0.5) is 0 Å². The quantitative estimate of drug-likeness (QED) is 0.478. The average molecular weight is 124 g/mol. The maximum atomic E-state index is 4.00. The summed E-state index contributed by atoms with van der Waals surface area (Å²) in [6.07, 6.45) is 3.85. The molecule has 40 valence electrons. The molecule has 0 aromatic heterocycles. The molecule has 0 aromatic carbocycles. The van der Waals surface area contributed by atoms with E-state index in [0.717, 1.165) is 5.75 Å². The van der Waals surface area contributed by atoms with Crippen molar-refractivity contribution in [1.82, 2.24) is 0 Å². The van der Waals surface area contributed by atoms with Crippen LogP contribution in [0.2, 0.25) is 0 Å². The minimum atomic E-state index is 0. The van der Waals surface area contributed by atoms with Gasteiger partial charge in [0.05, 0.1) is 0 Å². The fourth-order valence-electron chi connectivity index (χ4n) is 0.813. The zero-order valence-electron chi connectivity index (χ0n) is 5.29. The van der Waals surface area contributed by atoms with Crippen LogP contribution in [0.25, 0.3) is 0 Å². The van der Waals surface area contributed by atoms with Crippen LogP contribution in [0.5, 0.6) is 0 Å². The van der Waals surface area contributed by atoms with Crippen LogP contribution in [-0.2, 0) is 0 Å². The third-order valence-corrected chi connectivity index (χ3v) is 2.16. The normalized spacial score (nSPS) is 23.0. The number of hydrogen-bond acceptors (Lipinski definition) is 2. The molecule has 1 nitrogen and oxygen atoms in total. The molecule has 0 aliphatic carbocycles. The first-order valence-corrected chi connectivity index (χ1v) is 3.56. The van der Waals surface area contributed by atoms with Crippen LogP contribution in [0, 0.1) is 0 Å². The molecule has 0 saturated carbocycles. The number of hydrogen-bond donors (Lipinski definition) is 0. The van der Waals surface area contributed by atoms with Crippen molar-refractivity contribution in [2.45, 2.75) is 0 Å². The highest BCUT2D eigenvalue weighted by molar-refractivity contribution is 8.02. The second-order valence-electron chi connectivity index (χ2n) is 1.82. The molecule has 2 aliphatic heterocycles. The van der Waals surface area contributed by atoms with E-state index >= 15 is 0 Å².